The van der Waals surface area contributed by atoms with Gasteiger partial charge < -0.3 is 0 Å². The van der Waals surface area contributed by atoms with Crippen molar-refractivity contribution in [1.29, 1.82) is 5.26 Å². The van der Waals surface area contributed by atoms with Crippen molar-refractivity contribution in [2.24, 2.45) is 5.92 Å². The first-order valence-electron chi connectivity index (χ1n) is 6.95. The molecule has 0 radical (unpaired) electrons. The molecule has 2 aliphatic rings. The zero-order valence-electron chi connectivity index (χ0n) is 11.4. The zero-order chi connectivity index (χ0) is 12.5. The molecular formula is C14H25N3. The van der Waals surface area contributed by atoms with E-state index in [1.807, 2.05) is 0 Å². The van der Waals surface area contributed by atoms with Crippen LogP contribution in [0.4, 0.5) is 0 Å². The zero-order valence-corrected chi connectivity index (χ0v) is 11.4. The van der Waals surface area contributed by atoms with Crippen molar-refractivity contribution >= 4 is 0 Å². The van der Waals surface area contributed by atoms with E-state index in [0.717, 1.165) is 19.0 Å². The monoisotopic (exact) mass is 235 g/mol. The lowest BCUT2D eigenvalue weighted by Gasteiger charge is -2.40. The Morgan fingerprint density at radius 3 is 2.59 bits per heavy atom. The molecule has 1 aliphatic carbocycles. The van der Waals surface area contributed by atoms with Gasteiger partial charge in [-0.05, 0) is 45.4 Å². The number of likely N-dealkylation sites (tertiary alicyclic amines) is 1. The van der Waals surface area contributed by atoms with Crippen LogP contribution in [0, 0.1) is 17.2 Å². The van der Waals surface area contributed by atoms with E-state index < -0.39 is 0 Å². The molecule has 1 saturated heterocycles. The van der Waals surface area contributed by atoms with Gasteiger partial charge in [0.1, 0.15) is 5.54 Å². The van der Waals surface area contributed by atoms with E-state index in [1.165, 1.54) is 25.7 Å². The molecule has 0 bridgehead atoms. The number of nitrogens with zero attached hydrogens (tertiary/aromatic N) is 2. The van der Waals surface area contributed by atoms with Crippen LogP contribution in [0.3, 0.4) is 0 Å². The van der Waals surface area contributed by atoms with Crippen molar-refractivity contribution in [3.8, 4) is 6.07 Å². The van der Waals surface area contributed by atoms with Gasteiger partial charge in [0.25, 0.3) is 0 Å². The van der Waals surface area contributed by atoms with Gasteiger partial charge in [0, 0.05) is 25.2 Å². The third-order valence-corrected chi connectivity index (χ3v) is 4.11. The first kappa shape index (κ1) is 12.9. The van der Waals surface area contributed by atoms with E-state index in [4.69, 9.17) is 0 Å². The summed E-state index contributed by atoms with van der Waals surface area (Å²) >= 11 is 0. The molecule has 3 nitrogen and oxygen atoms in total. The maximum atomic E-state index is 9.41. The second-order valence-electron chi connectivity index (χ2n) is 6.32. The molecule has 0 spiro atoms. The van der Waals surface area contributed by atoms with Crippen LogP contribution in [0.15, 0.2) is 0 Å². The summed E-state index contributed by atoms with van der Waals surface area (Å²) in [6, 6.07) is 3.70. The Bertz CT molecular complexity index is 305. The standard InChI is InChI=1S/C14H25N3/c1-11-4-5-12(2)17(8-11)10-14(3,9-15)16-13-6-7-13/h11-13,16H,4-8,10H2,1-3H3. The Hall–Kier alpha value is -0.590. The molecule has 1 saturated carbocycles. The summed E-state index contributed by atoms with van der Waals surface area (Å²) in [6.45, 7) is 8.67. The minimum Gasteiger partial charge on any atom is -0.298 e. The van der Waals surface area contributed by atoms with Gasteiger partial charge >= 0.3 is 0 Å². The van der Waals surface area contributed by atoms with E-state index in [-0.39, 0.29) is 5.54 Å². The van der Waals surface area contributed by atoms with Crippen LogP contribution in [0.1, 0.15) is 46.5 Å². The first-order valence-corrected chi connectivity index (χ1v) is 6.95. The quantitative estimate of drug-likeness (QED) is 0.811. The summed E-state index contributed by atoms with van der Waals surface area (Å²) in [7, 11) is 0. The SMILES string of the molecule is CC1CCC(C)N(CC(C)(C#N)NC2CC2)C1. The second-order valence-corrected chi connectivity index (χ2v) is 6.32. The Morgan fingerprint density at radius 1 is 1.29 bits per heavy atom. The van der Waals surface area contributed by atoms with Crippen molar-refractivity contribution in [3.63, 3.8) is 0 Å². The topological polar surface area (TPSA) is 39.1 Å². The fourth-order valence-corrected chi connectivity index (χ4v) is 2.80. The van der Waals surface area contributed by atoms with Crippen molar-refractivity contribution < 1.29 is 0 Å². The Labute approximate surface area is 105 Å². The highest BCUT2D eigenvalue weighted by Crippen LogP contribution is 2.26. The molecular weight excluding hydrogens is 210 g/mol. The fourth-order valence-electron chi connectivity index (χ4n) is 2.80. The van der Waals surface area contributed by atoms with Gasteiger partial charge in [-0.15, -0.1) is 0 Å². The second kappa shape index (κ2) is 4.96. The number of nitrogens with one attached hydrogen (secondary N) is 1. The van der Waals surface area contributed by atoms with Crippen molar-refractivity contribution in [3.05, 3.63) is 0 Å². The van der Waals surface area contributed by atoms with Gasteiger partial charge in [0.2, 0.25) is 0 Å². The van der Waals surface area contributed by atoms with Gasteiger partial charge in [0.05, 0.1) is 6.07 Å². The third-order valence-electron chi connectivity index (χ3n) is 4.11. The molecule has 1 N–H and O–H groups in total. The summed E-state index contributed by atoms with van der Waals surface area (Å²) in [5, 5.41) is 12.9. The molecule has 1 aliphatic heterocycles. The van der Waals surface area contributed by atoms with Crippen LogP contribution >= 0.6 is 0 Å². The van der Waals surface area contributed by atoms with Gasteiger partial charge in [-0.3, -0.25) is 10.2 Å². The average Bonchev–Trinajstić information content (AvgIpc) is 3.07. The van der Waals surface area contributed by atoms with Crippen LogP contribution < -0.4 is 5.32 Å². The summed E-state index contributed by atoms with van der Waals surface area (Å²) in [6.07, 6.45) is 5.08. The highest BCUT2D eigenvalue weighted by Gasteiger charge is 2.36. The summed E-state index contributed by atoms with van der Waals surface area (Å²) in [5.74, 6) is 0.773. The van der Waals surface area contributed by atoms with E-state index >= 15 is 0 Å². The van der Waals surface area contributed by atoms with Crippen LogP contribution in [0.2, 0.25) is 0 Å². The molecule has 3 atom stereocenters. The van der Waals surface area contributed by atoms with Gasteiger partial charge in [-0.1, -0.05) is 6.92 Å². The fraction of sp³-hybridized carbons (Fsp3) is 0.929. The number of piperidine rings is 1. The van der Waals surface area contributed by atoms with Crippen LogP contribution in [0.5, 0.6) is 0 Å². The number of hydrogen-bond acceptors (Lipinski definition) is 3. The van der Waals surface area contributed by atoms with E-state index in [1.54, 1.807) is 0 Å². The maximum Gasteiger partial charge on any atom is 0.116 e. The van der Waals surface area contributed by atoms with Crippen molar-refractivity contribution in [2.75, 3.05) is 13.1 Å². The predicted octanol–water partition coefficient (Wildman–Crippen LogP) is 2.14. The molecule has 0 amide bonds. The van der Waals surface area contributed by atoms with Crippen molar-refractivity contribution in [1.82, 2.24) is 10.2 Å². The molecule has 3 unspecified atom stereocenters. The molecule has 0 aromatic carbocycles. The van der Waals surface area contributed by atoms with Crippen LogP contribution in [-0.2, 0) is 0 Å². The highest BCUT2D eigenvalue weighted by atomic mass is 15.2. The number of nitriles is 1. The molecule has 0 aromatic rings. The average molecular weight is 235 g/mol. The molecule has 17 heavy (non-hydrogen) atoms. The smallest absolute Gasteiger partial charge is 0.116 e. The minimum absolute atomic E-state index is 0.369. The molecule has 3 heteroatoms. The first-order chi connectivity index (χ1) is 8.02. The Kier molecular flexibility index (Phi) is 3.75. The normalized spacial score (nSPS) is 34.0. The minimum atomic E-state index is -0.369. The molecule has 2 fully saturated rings. The Morgan fingerprint density at radius 2 is 2.00 bits per heavy atom. The summed E-state index contributed by atoms with van der Waals surface area (Å²) in [4.78, 5) is 2.49. The van der Waals surface area contributed by atoms with Gasteiger partial charge in [0.15, 0.2) is 0 Å². The maximum absolute atomic E-state index is 9.41. The molecule has 2 rings (SSSR count). The van der Waals surface area contributed by atoms with Gasteiger partial charge in [-0.25, -0.2) is 0 Å². The van der Waals surface area contributed by atoms with Crippen molar-refractivity contribution in [2.45, 2.75) is 64.1 Å². The van der Waals surface area contributed by atoms with Crippen LogP contribution in [0.25, 0.3) is 0 Å². The van der Waals surface area contributed by atoms with Gasteiger partial charge in [-0.2, -0.15) is 5.26 Å². The lowest BCUT2D eigenvalue weighted by Crippen LogP contribution is -2.55. The van der Waals surface area contributed by atoms with E-state index in [9.17, 15) is 5.26 Å². The number of rotatable bonds is 4. The number of hydrogen-bond donors (Lipinski definition) is 1. The van der Waals surface area contributed by atoms with E-state index in [0.29, 0.717) is 12.1 Å². The van der Waals surface area contributed by atoms with Crippen LogP contribution in [-0.4, -0.2) is 35.6 Å². The molecule has 96 valence electrons. The third kappa shape index (κ3) is 3.43. The summed E-state index contributed by atoms with van der Waals surface area (Å²) < 4.78 is 0. The molecule has 0 aromatic heterocycles. The lowest BCUT2D eigenvalue weighted by atomic mass is 9.92. The predicted molar refractivity (Wildman–Crippen MR) is 69.6 cm³/mol. The Balaban J connectivity index is 1.94. The van der Waals surface area contributed by atoms with E-state index in [2.05, 4.69) is 37.1 Å². The lowest BCUT2D eigenvalue weighted by molar-refractivity contribution is 0.102. The highest BCUT2D eigenvalue weighted by molar-refractivity contribution is 5.09. The summed E-state index contributed by atoms with van der Waals surface area (Å²) in [5.41, 5.74) is -0.369. The largest absolute Gasteiger partial charge is 0.298 e. The molecule has 1 heterocycles.